The molecule has 0 amide bonds. The highest BCUT2D eigenvalue weighted by molar-refractivity contribution is 5.25. The molecule has 0 unspecified atom stereocenters. The largest absolute Gasteiger partial charge is 0.0776 e. The van der Waals surface area contributed by atoms with Crippen molar-refractivity contribution in [2.75, 3.05) is 0 Å². The van der Waals surface area contributed by atoms with Gasteiger partial charge in [-0.1, -0.05) is 187 Å². The van der Waals surface area contributed by atoms with Crippen LogP contribution in [0.5, 0.6) is 0 Å². The van der Waals surface area contributed by atoms with E-state index in [2.05, 4.69) is 93.6 Å². The van der Waals surface area contributed by atoms with Crippen LogP contribution in [-0.2, 0) is 6.42 Å². The van der Waals surface area contributed by atoms with Gasteiger partial charge < -0.3 is 0 Å². The summed E-state index contributed by atoms with van der Waals surface area (Å²) in [5, 5.41) is 0. The van der Waals surface area contributed by atoms with Gasteiger partial charge >= 0.3 is 0 Å². The molecule has 0 fully saturated rings. The molecule has 0 N–H and O–H groups in total. The maximum absolute atomic E-state index is 2.16. The van der Waals surface area contributed by atoms with Gasteiger partial charge in [0.2, 0.25) is 0 Å². The van der Waals surface area contributed by atoms with E-state index in [1.165, 1.54) is 23.1 Å². The molecule has 196 valence electrons. The lowest BCUT2D eigenvalue weighted by molar-refractivity contribution is 1.09. The minimum Gasteiger partial charge on any atom is -0.0776 e. The smallest absolute Gasteiger partial charge is 0 e. The van der Waals surface area contributed by atoms with E-state index in [4.69, 9.17) is 0 Å². The van der Waals surface area contributed by atoms with E-state index < -0.39 is 0 Å². The Morgan fingerprint density at radius 2 is 0.667 bits per heavy atom. The maximum Gasteiger partial charge on any atom is 0 e. The van der Waals surface area contributed by atoms with E-state index in [0.717, 1.165) is 6.42 Å². The summed E-state index contributed by atoms with van der Waals surface area (Å²) >= 11 is 0. The lowest BCUT2D eigenvalue weighted by Crippen LogP contribution is -1.85. The third-order valence-electron chi connectivity index (χ3n) is 3.03. The van der Waals surface area contributed by atoms with Gasteiger partial charge in [-0.25, -0.2) is 0 Å². The third kappa shape index (κ3) is 34.5. The molecule has 0 nitrogen and oxygen atoms in total. The summed E-state index contributed by atoms with van der Waals surface area (Å²) in [7, 11) is 0. The molecular weight excluding hydrogens is 396 g/mol. The standard InChI is InChI=1S/C13H12.C7H8.C3H8.4C2H6.2CH4.2H2/c1-3-7-12(8-4-1)11-13-9-5-2-6-10-13;1-7-5-3-2-4-6-7;1-3-2;4*1-2;;;;/h1-10H,11H2;2-6H,1H3;3H2,1-2H3;4*1-2H3;2*1H4;2*1H. The molecular formula is C33H64. The van der Waals surface area contributed by atoms with Crippen molar-refractivity contribution in [1.29, 1.82) is 0 Å². The topological polar surface area (TPSA) is 0 Å². The quantitative estimate of drug-likeness (QED) is 0.356. The second-order valence-electron chi connectivity index (χ2n) is 5.51. The molecule has 0 aromatic heterocycles. The molecule has 0 saturated carbocycles. The first kappa shape index (κ1) is 44.4. The fourth-order valence-electron chi connectivity index (χ4n) is 1.96. The molecule has 0 aliphatic heterocycles. The summed E-state index contributed by atoms with van der Waals surface area (Å²) in [6.45, 7) is 22.3. The van der Waals surface area contributed by atoms with Crippen molar-refractivity contribution < 1.29 is 2.85 Å². The normalized spacial score (nSPS) is 7.00. The molecule has 3 aromatic carbocycles. The first-order valence-corrected chi connectivity index (χ1v) is 12.4. The van der Waals surface area contributed by atoms with E-state index in [9.17, 15) is 0 Å². The Bertz CT molecular complexity index is 571. The van der Waals surface area contributed by atoms with Gasteiger partial charge in [-0.15, -0.1) is 0 Å². The number of aryl methyl sites for hydroxylation is 1. The van der Waals surface area contributed by atoms with Crippen molar-refractivity contribution >= 4 is 0 Å². The van der Waals surface area contributed by atoms with Gasteiger partial charge in [-0.05, 0) is 24.5 Å². The molecule has 0 heteroatoms. The number of rotatable bonds is 2. The third-order valence-corrected chi connectivity index (χ3v) is 3.03. The summed E-state index contributed by atoms with van der Waals surface area (Å²) in [4.78, 5) is 0. The summed E-state index contributed by atoms with van der Waals surface area (Å²) in [5.74, 6) is 0. The molecule has 0 aliphatic carbocycles. The molecule has 0 spiro atoms. The highest BCUT2D eigenvalue weighted by Gasteiger charge is 1.92. The zero-order valence-corrected chi connectivity index (χ0v) is 22.6. The minimum absolute atomic E-state index is 0. The average Bonchev–Trinajstić information content (AvgIpc) is 2.87. The van der Waals surface area contributed by atoms with Gasteiger partial charge in [0, 0.05) is 2.85 Å². The summed E-state index contributed by atoms with van der Waals surface area (Å²) in [6, 6.07) is 31.3. The Morgan fingerprint density at radius 1 is 0.455 bits per heavy atom. The molecule has 0 heterocycles. The van der Waals surface area contributed by atoms with E-state index >= 15 is 0 Å². The van der Waals surface area contributed by atoms with Gasteiger partial charge in [0.05, 0.1) is 0 Å². The van der Waals surface area contributed by atoms with E-state index in [-0.39, 0.29) is 17.7 Å². The van der Waals surface area contributed by atoms with Gasteiger partial charge in [-0.3, -0.25) is 0 Å². The van der Waals surface area contributed by atoms with Crippen molar-refractivity contribution in [1.82, 2.24) is 0 Å². The fourth-order valence-corrected chi connectivity index (χ4v) is 1.96. The van der Waals surface area contributed by atoms with Crippen LogP contribution in [0.2, 0.25) is 0 Å². The van der Waals surface area contributed by atoms with Crippen LogP contribution in [0.1, 0.15) is 110 Å². The molecule has 33 heavy (non-hydrogen) atoms. The zero-order chi connectivity index (χ0) is 24.8. The minimum atomic E-state index is 0. The van der Waals surface area contributed by atoms with Gasteiger partial charge in [0.15, 0.2) is 0 Å². The Labute approximate surface area is 214 Å². The highest BCUT2D eigenvalue weighted by Crippen LogP contribution is 2.07. The number of benzene rings is 3. The van der Waals surface area contributed by atoms with E-state index in [0.29, 0.717) is 0 Å². The van der Waals surface area contributed by atoms with Crippen molar-refractivity contribution in [2.24, 2.45) is 0 Å². The maximum atomic E-state index is 2.16. The molecule has 0 aliphatic rings. The molecule has 0 radical (unpaired) electrons. The highest BCUT2D eigenvalue weighted by atomic mass is 14.0. The van der Waals surface area contributed by atoms with Gasteiger partial charge in [0.25, 0.3) is 0 Å². The predicted molar refractivity (Wildman–Crippen MR) is 166 cm³/mol. The lowest BCUT2D eigenvalue weighted by Gasteiger charge is -2.00. The Balaban J connectivity index is -0.0000000482. The van der Waals surface area contributed by atoms with Crippen molar-refractivity contribution in [2.45, 2.75) is 104 Å². The second kappa shape index (κ2) is 43.5. The zero-order valence-electron chi connectivity index (χ0n) is 22.6. The Hall–Kier alpha value is -2.34. The first-order chi connectivity index (χ1) is 15.3. The molecule has 3 rings (SSSR count). The predicted octanol–water partition coefficient (Wildman–Crippen LogP) is 12.6. The summed E-state index contributed by atoms with van der Waals surface area (Å²) < 4.78 is 0. The monoisotopic (exact) mass is 461 g/mol. The number of hydrogen-bond acceptors (Lipinski definition) is 0. The number of hydrogen-bond donors (Lipinski definition) is 0. The van der Waals surface area contributed by atoms with Crippen LogP contribution < -0.4 is 0 Å². The van der Waals surface area contributed by atoms with E-state index in [1.807, 2.05) is 73.6 Å². The second-order valence-corrected chi connectivity index (χ2v) is 5.51. The fraction of sp³-hybridized carbons (Fsp3) is 0.455. The van der Waals surface area contributed by atoms with Crippen LogP contribution in [0.3, 0.4) is 0 Å². The van der Waals surface area contributed by atoms with Crippen molar-refractivity contribution in [3.8, 4) is 0 Å². The first-order valence-electron chi connectivity index (χ1n) is 12.4. The lowest BCUT2D eigenvalue weighted by atomic mass is 10.1. The van der Waals surface area contributed by atoms with Crippen molar-refractivity contribution in [3.63, 3.8) is 0 Å². The molecule has 3 aromatic rings. The van der Waals surface area contributed by atoms with Crippen molar-refractivity contribution in [3.05, 3.63) is 108 Å². The van der Waals surface area contributed by atoms with Crippen LogP contribution in [-0.4, -0.2) is 0 Å². The Kier molecular flexibility index (Phi) is 58.5. The van der Waals surface area contributed by atoms with Crippen LogP contribution in [0.25, 0.3) is 0 Å². The molecule has 0 atom stereocenters. The van der Waals surface area contributed by atoms with Crippen LogP contribution >= 0.6 is 0 Å². The van der Waals surface area contributed by atoms with Crippen LogP contribution in [0.4, 0.5) is 0 Å². The SMILES string of the molecule is C.C.CC.CC.CC.CC.CCC.Cc1ccccc1.[HH].[HH].c1ccc(Cc2ccccc2)cc1. The summed E-state index contributed by atoms with van der Waals surface area (Å²) in [5.41, 5.74) is 4.06. The van der Waals surface area contributed by atoms with Crippen LogP contribution in [0.15, 0.2) is 91.0 Å². The molecule has 0 saturated heterocycles. The molecule has 0 bridgehead atoms. The average molecular weight is 461 g/mol. The summed E-state index contributed by atoms with van der Waals surface area (Å²) in [6.07, 6.45) is 2.28. The van der Waals surface area contributed by atoms with Crippen LogP contribution in [0, 0.1) is 6.92 Å². The van der Waals surface area contributed by atoms with Gasteiger partial charge in [-0.2, -0.15) is 0 Å². The Morgan fingerprint density at radius 3 is 0.848 bits per heavy atom. The van der Waals surface area contributed by atoms with E-state index in [1.54, 1.807) is 0 Å². The van der Waals surface area contributed by atoms with Gasteiger partial charge in [0.1, 0.15) is 0 Å².